The first-order valence-electron chi connectivity index (χ1n) is 17.5. The summed E-state index contributed by atoms with van der Waals surface area (Å²) in [7, 11) is 0. The minimum atomic E-state index is -4.74. The molecule has 0 aliphatic heterocycles. The molecule has 0 radical (unpaired) electrons. The second kappa shape index (κ2) is 21.9. The minimum absolute atomic E-state index is 0. The van der Waals surface area contributed by atoms with E-state index in [0.29, 0.717) is 22.9 Å². The zero-order chi connectivity index (χ0) is 46.5. The third-order valence-electron chi connectivity index (χ3n) is 8.51. The maximum absolute atomic E-state index is 13.1. The molecule has 0 saturated carbocycles. The first-order valence-corrected chi connectivity index (χ1v) is 17.5. The van der Waals surface area contributed by atoms with Gasteiger partial charge in [-0.25, -0.2) is 23.2 Å². The van der Waals surface area contributed by atoms with Crippen LogP contribution in [-0.4, -0.2) is 54.5 Å². The Balaban J connectivity index is 0.000000370. The van der Waals surface area contributed by atoms with Crippen LogP contribution in [0, 0.1) is 37.1 Å². The molecule has 20 heteroatoms. The lowest BCUT2D eigenvalue weighted by Gasteiger charge is -2.21. The summed E-state index contributed by atoms with van der Waals surface area (Å²) in [6, 6.07) is 17.2. The molecular weight excluding hydrogens is 845 g/mol. The topological polar surface area (TPSA) is 163 Å². The number of Topliss-reactive ketones (excluding diaryl/α,β-unsaturated/α-hetero) is 2. The molecule has 5 aromatic rings. The van der Waals surface area contributed by atoms with Crippen molar-refractivity contribution in [2.75, 3.05) is 6.54 Å². The largest absolute Gasteiger partial charge is 0.407 e. The molecule has 0 aliphatic rings. The van der Waals surface area contributed by atoms with E-state index in [4.69, 9.17) is 25.1 Å². The van der Waals surface area contributed by atoms with Gasteiger partial charge >= 0.3 is 12.4 Å². The Morgan fingerprint density at radius 2 is 1.22 bits per heavy atom. The first kappa shape index (κ1) is 51.7. The molecule has 12 nitrogen and oxygen atoms in total. The Hall–Kier alpha value is -7.43. The fourth-order valence-corrected chi connectivity index (χ4v) is 5.12. The predicted molar refractivity (Wildman–Crippen MR) is 215 cm³/mol. The quantitative estimate of drug-likeness (QED) is 0.0335. The summed E-state index contributed by atoms with van der Waals surface area (Å²) < 4.78 is 104. The van der Waals surface area contributed by atoms with Gasteiger partial charge in [0.15, 0.2) is 22.9 Å². The lowest BCUT2D eigenvalue weighted by Crippen LogP contribution is -2.41. The Morgan fingerprint density at radius 1 is 0.778 bits per heavy atom. The highest BCUT2D eigenvalue weighted by Crippen LogP contribution is 2.38. The monoisotopic (exact) mass is 880 g/mol. The second-order valence-electron chi connectivity index (χ2n) is 13.5. The van der Waals surface area contributed by atoms with Crippen LogP contribution in [0.1, 0.15) is 49.1 Å². The number of aliphatic hydroxyl groups is 2. The van der Waals surface area contributed by atoms with E-state index in [1.54, 1.807) is 12.1 Å². The van der Waals surface area contributed by atoms with Gasteiger partial charge in [0.25, 0.3) is 0 Å². The molecule has 2 N–H and O–H groups in total. The lowest BCUT2D eigenvalue weighted by molar-refractivity contribution is -0.138. The number of rotatable bonds is 11. The third-order valence-corrected chi connectivity index (χ3v) is 8.51. The van der Waals surface area contributed by atoms with Crippen molar-refractivity contribution in [1.82, 2.24) is 15.0 Å². The summed E-state index contributed by atoms with van der Waals surface area (Å²) in [5.41, 5.74) is 2.57. The van der Waals surface area contributed by atoms with E-state index in [0.717, 1.165) is 25.1 Å². The molecule has 1 aromatic heterocycles. The molecule has 63 heavy (non-hydrogen) atoms. The van der Waals surface area contributed by atoms with Crippen LogP contribution in [0.5, 0.6) is 0 Å². The number of hydrogen-bond donors (Lipinski definition) is 2. The van der Waals surface area contributed by atoms with Crippen LogP contribution in [0.25, 0.3) is 31.4 Å². The molecule has 328 valence electrons. The number of carbonyl (C=O) groups is 2. The number of alkyl halides is 6. The van der Waals surface area contributed by atoms with Crippen LogP contribution in [-0.2, 0) is 41.3 Å². The van der Waals surface area contributed by atoms with Gasteiger partial charge in [-0.3, -0.25) is 9.59 Å². The van der Waals surface area contributed by atoms with Crippen molar-refractivity contribution in [3.05, 3.63) is 164 Å². The van der Waals surface area contributed by atoms with Gasteiger partial charge in [-0.15, -0.1) is 11.5 Å². The second-order valence-corrected chi connectivity index (χ2v) is 13.5. The fraction of sp³-hybridized carbons (Fsp3) is 0.256. The highest BCUT2D eigenvalue weighted by atomic mass is 19.4. The minimum Gasteiger partial charge on any atom is -0.382 e. The van der Waals surface area contributed by atoms with Crippen LogP contribution in [0.4, 0.5) is 46.5 Å². The van der Waals surface area contributed by atoms with E-state index in [1.165, 1.54) is 66.3 Å². The normalized spacial score (nSPS) is 12.6. The number of halogens is 8. The number of aromatic nitrogens is 3. The van der Waals surface area contributed by atoms with E-state index in [9.17, 15) is 54.9 Å². The zero-order valence-corrected chi connectivity index (χ0v) is 32.4. The smallest absolute Gasteiger partial charge is 0.382 e. The summed E-state index contributed by atoms with van der Waals surface area (Å²) in [4.78, 5) is 32.5. The van der Waals surface area contributed by atoms with Crippen LogP contribution in [0.3, 0.4) is 0 Å². The van der Waals surface area contributed by atoms with Gasteiger partial charge in [-0.1, -0.05) is 60.1 Å². The van der Waals surface area contributed by atoms with Crippen LogP contribution in [0.2, 0.25) is 0 Å². The molecule has 0 saturated heterocycles. The number of carbonyl (C=O) groups excluding carboxylic acids is 2. The summed E-state index contributed by atoms with van der Waals surface area (Å²) >= 11 is 0. The van der Waals surface area contributed by atoms with Crippen LogP contribution >= 0.6 is 0 Å². The standard InChI is InChI=1S/C21H16F4N4O2.C13H11F3N4O2.C8H5F.CH4/c1-20(31,12-29-11-18(27-28-29)14-4-6-15(22)7-5-14)19(30)10-13-3-8-17(26-2)16(9-13)21(23,24)25;1-12(22,7-19-20-17)11(21)6-8-3-4-10(18-2)9(5-8)13(14,15)16;1-2-7-3-5-8(9)6-4-7;/h3-9,11,31H,10,12H2,1H3;3-5,22H,6-7H2,1H3;1,3-6H;1H4/t20-;12-;;/m00../s1. The Kier molecular flexibility index (Phi) is 18.0. The van der Waals surface area contributed by atoms with E-state index in [-0.39, 0.29) is 30.9 Å². The Bertz CT molecular complexity index is 2560. The van der Waals surface area contributed by atoms with Gasteiger partial charge in [0, 0.05) is 28.9 Å². The maximum Gasteiger partial charge on any atom is 0.407 e. The molecule has 5 rings (SSSR count). The van der Waals surface area contributed by atoms with E-state index in [1.807, 2.05) is 0 Å². The third kappa shape index (κ3) is 15.2. The van der Waals surface area contributed by atoms with Gasteiger partial charge in [-0.2, -0.15) is 26.3 Å². The van der Waals surface area contributed by atoms with Crippen molar-refractivity contribution < 1.29 is 54.9 Å². The van der Waals surface area contributed by atoms with Crippen molar-refractivity contribution >= 4 is 22.9 Å². The molecule has 1 heterocycles. The lowest BCUT2D eigenvalue weighted by atomic mass is 9.94. The van der Waals surface area contributed by atoms with Crippen molar-refractivity contribution in [1.29, 1.82) is 0 Å². The molecule has 0 fully saturated rings. The Labute approximate surface area is 355 Å². The number of benzene rings is 4. The van der Waals surface area contributed by atoms with Crippen molar-refractivity contribution in [2.45, 2.75) is 64.2 Å². The van der Waals surface area contributed by atoms with E-state index in [2.05, 4.69) is 35.9 Å². The molecular formula is C43H36F8N8O4. The summed E-state index contributed by atoms with van der Waals surface area (Å²) in [5, 5.41) is 31.2. The van der Waals surface area contributed by atoms with Crippen molar-refractivity contribution in [3.63, 3.8) is 0 Å². The summed E-state index contributed by atoms with van der Waals surface area (Å²) in [6.45, 7) is 15.1. The number of nitrogens with zero attached hydrogens (tertiary/aromatic N) is 8. The average molecular weight is 881 g/mol. The van der Waals surface area contributed by atoms with Gasteiger partial charge in [0.2, 0.25) is 0 Å². The fourth-order valence-electron chi connectivity index (χ4n) is 5.12. The van der Waals surface area contributed by atoms with E-state index < -0.39 is 82.8 Å². The number of hydrogen-bond acceptors (Lipinski definition) is 7. The van der Waals surface area contributed by atoms with Gasteiger partial charge in [-0.05, 0) is 79.0 Å². The average Bonchev–Trinajstić information content (AvgIpc) is 3.68. The van der Waals surface area contributed by atoms with Crippen molar-refractivity contribution in [2.24, 2.45) is 5.11 Å². The Morgan fingerprint density at radius 3 is 1.63 bits per heavy atom. The first-order chi connectivity index (χ1) is 28.9. The van der Waals surface area contributed by atoms with Gasteiger partial charge in [0.05, 0.1) is 43.6 Å². The van der Waals surface area contributed by atoms with Gasteiger partial charge in [0.1, 0.15) is 28.5 Å². The summed E-state index contributed by atoms with van der Waals surface area (Å²) in [5.74, 6) is 0.203. The maximum atomic E-state index is 13.1. The van der Waals surface area contributed by atoms with Crippen molar-refractivity contribution in [3.8, 4) is 23.6 Å². The molecule has 2 atom stereocenters. The molecule has 0 bridgehead atoms. The van der Waals surface area contributed by atoms with Crippen LogP contribution < -0.4 is 0 Å². The summed E-state index contributed by atoms with van der Waals surface area (Å²) in [6.07, 6.45) is -3.91. The molecule has 0 aliphatic carbocycles. The molecule has 0 amide bonds. The molecule has 0 spiro atoms. The van der Waals surface area contributed by atoms with E-state index >= 15 is 0 Å². The molecule has 4 aromatic carbocycles. The van der Waals surface area contributed by atoms with Gasteiger partial charge < -0.3 is 10.2 Å². The molecule has 0 unspecified atom stereocenters. The highest BCUT2D eigenvalue weighted by Gasteiger charge is 2.36. The number of azide groups is 1. The SMILES string of the molecule is C.C#Cc1ccc(F)cc1.[C-]#[N+]c1ccc(CC(=O)[C@@](C)(O)CN=[N+]=[N-])cc1C(F)(F)F.[C-]#[N+]c1ccc(CC(=O)[C@@](C)(O)Cn2cc(-c3ccc(F)cc3)nn2)cc1C(F)(F)F. The highest BCUT2D eigenvalue weighted by molar-refractivity contribution is 5.89. The predicted octanol–water partition coefficient (Wildman–Crippen LogP) is 10.1. The number of ketones is 2. The number of terminal acetylenes is 1. The van der Waals surface area contributed by atoms with Crippen LogP contribution in [0.15, 0.2) is 96.2 Å². The zero-order valence-electron chi connectivity index (χ0n) is 32.4.